The minimum absolute atomic E-state index is 0.101. The van der Waals surface area contributed by atoms with E-state index in [0.29, 0.717) is 40.3 Å². The van der Waals surface area contributed by atoms with Crippen LogP contribution in [0.1, 0.15) is 34.7 Å². The number of terminal acetylenes is 1. The first-order valence-corrected chi connectivity index (χ1v) is 10.7. The Kier molecular flexibility index (Phi) is 5.11. The van der Waals surface area contributed by atoms with Gasteiger partial charge >= 0.3 is 0 Å². The van der Waals surface area contributed by atoms with E-state index in [1.807, 2.05) is 24.3 Å². The second-order valence-electron chi connectivity index (χ2n) is 7.80. The Morgan fingerprint density at radius 3 is 2.79 bits per heavy atom. The molecule has 5 rings (SSSR count). The molecule has 1 amide bonds. The fraction of sp³-hybridized carbons (Fsp3) is 0.120. The van der Waals surface area contributed by atoms with E-state index in [2.05, 4.69) is 21.7 Å². The zero-order chi connectivity index (χ0) is 23.8. The Morgan fingerprint density at radius 2 is 2.03 bits per heavy atom. The second-order valence-corrected chi connectivity index (χ2v) is 7.80. The molecule has 0 spiro atoms. The number of benzene rings is 2. The van der Waals surface area contributed by atoms with Crippen LogP contribution in [-0.2, 0) is 0 Å². The Balaban J connectivity index is 1.63. The molecular formula is C25H21N7O2. The quantitative estimate of drug-likeness (QED) is 0.410. The molecule has 0 radical (unpaired) electrons. The molecule has 3 heterocycles. The molecule has 2 aromatic heterocycles. The summed E-state index contributed by atoms with van der Waals surface area (Å²) < 4.78 is 3.00. The Bertz CT molecular complexity index is 1560. The van der Waals surface area contributed by atoms with Crippen molar-refractivity contribution in [2.75, 3.05) is 17.6 Å². The summed E-state index contributed by atoms with van der Waals surface area (Å²) in [6, 6.07) is 13.6. The molecule has 0 fully saturated rings. The number of nitrogens with two attached hydrogens (primary N) is 1. The van der Waals surface area contributed by atoms with Crippen molar-refractivity contribution in [2.24, 2.45) is 0 Å². The highest BCUT2D eigenvalue weighted by Gasteiger charge is 2.26. The molecule has 168 valence electrons. The van der Waals surface area contributed by atoms with Gasteiger partial charge in [0.05, 0.1) is 22.6 Å². The predicted molar refractivity (Wildman–Crippen MR) is 132 cm³/mol. The van der Waals surface area contributed by atoms with Gasteiger partial charge in [-0.2, -0.15) is 0 Å². The van der Waals surface area contributed by atoms with Gasteiger partial charge in [-0.3, -0.25) is 14.2 Å². The van der Waals surface area contributed by atoms with Gasteiger partial charge in [0, 0.05) is 18.3 Å². The van der Waals surface area contributed by atoms with Gasteiger partial charge in [-0.1, -0.05) is 30.2 Å². The maximum absolute atomic E-state index is 13.7. The number of amides is 1. The van der Waals surface area contributed by atoms with Crippen LogP contribution in [0.3, 0.4) is 0 Å². The molecule has 1 aliphatic rings. The number of para-hydroxylation sites is 1. The number of nitrogens with one attached hydrogen (secondary N) is 2. The van der Waals surface area contributed by atoms with Gasteiger partial charge in [0.25, 0.3) is 11.5 Å². The zero-order valence-corrected chi connectivity index (χ0v) is 18.3. The molecule has 1 aliphatic heterocycles. The number of carbonyl (C=O) groups excluding carboxylic acids is 1. The van der Waals surface area contributed by atoms with Crippen LogP contribution in [0.5, 0.6) is 0 Å². The van der Waals surface area contributed by atoms with E-state index in [9.17, 15) is 9.59 Å². The number of nitrogens with zero attached hydrogens (tertiary/aromatic N) is 4. The molecule has 1 unspecified atom stereocenters. The molecule has 4 aromatic rings. The van der Waals surface area contributed by atoms with Crippen LogP contribution in [0.4, 0.5) is 11.6 Å². The molecule has 0 bridgehead atoms. The molecule has 9 nitrogen and oxygen atoms in total. The van der Waals surface area contributed by atoms with Gasteiger partial charge in [-0.05, 0) is 37.3 Å². The SMILES string of the molecule is C#Cc1cccc2nc(C(C)NC(=O)c3c(N)nn4c3NCC=C4)n(-c3ccccc3)c(=O)c12. The Labute approximate surface area is 194 Å². The Morgan fingerprint density at radius 1 is 1.24 bits per heavy atom. The summed E-state index contributed by atoms with van der Waals surface area (Å²) in [5, 5.41) is 10.6. The van der Waals surface area contributed by atoms with Gasteiger partial charge in [-0.15, -0.1) is 11.5 Å². The van der Waals surface area contributed by atoms with E-state index in [-0.39, 0.29) is 16.9 Å². The average molecular weight is 451 g/mol. The number of hydrogen-bond acceptors (Lipinski definition) is 6. The third kappa shape index (κ3) is 3.38. The van der Waals surface area contributed by atoms with Crippen LogP contribution < -0.4 is 21.9 Å². The number of rotatable bonds is 4. The van der Waals surface area contributed by atoms with Crippen molar-refractivity contribution in [1.29, 1.82) is 0 Å². The lowest BCUT2D eigenvalue weighted by molar-refractivity contribution is 0.0939. The van der Waals surface area contributed by atoms with E-state index in [0.717, 1.165) is 0 Å². The number of nitrogen functional groups attached to an aromatic ring is 1. The highest BCUT2D eigenvalue weighted by Crippen LogP contribution is 2.26. The third-order valence-electron chi connectivity index (χ3n) is 5.63. The Hall–Kier alpha value is -4.84. The standard InChI is InChI=1S/C25H21N7O2/c1-3-16-9-7-12-18-19(16)25(34)32(17-10-5-4-6-11-17)22(29-18)15(2)28-24(33)20-21(26)30-31-14-8-13-27-23(20)31/h1,4-12,14-15,27H,13H2,2H3,(H2,26,30)(H,28,33). The van der Waals surface area contributed by atoms with Crippen LogP contribution in [0.15, 0.2) is 59.4 Å². The van der Waals surface area contributed by atoms with Crippen molar-refractivity contribution in [3.8, 4) is 18.0 Å². The maximum atomic E-state index is 13.7. The van der Waals surface area contributed by atoms with Gasteiger partial charge in [0.15, 0.2) is 5.82 Å². The highest BCUT2D eigenvalue weighted by molar-refractivity contribution is 6.04. The van der Waals surface area contributed by atoms with Crippen LogP contribution in [0, 0.1) is 12.3 Å². The second kappa shape index (κ2) is 8.26. The van der Waals surface area contributed by atoms with Crippen molar-refractivity contribution < 1.29 is 4.79 Å². The average Bonchev–Trinajstić information content (AvgIpc) is 3.19. The minimum Gasteiger partial charge on any atom is -0.381 e. The van der Waals surface area contributed by atoms with E-state index in [4.69, 9.17) is 17.1 Å². The van der Waals surface area contributed by atoms with Crippen molar-refractivity contribution >= 4 is 34.6 Å². The lowest BCUT2D eigenvalue weighted by Crippen LogP contribution is -2.34. The van der Waals surface area contributed by atoms with Crippen LogP contribution in [0.2, 0.25) is 0 Å². The summed E-state index contributed by atoms with van der Waals surface area (Å²) in [4.78, 5) is 31.6. The number of hydrogen-bond donors (Lipinski definition) is 3. The van der Waals surface area contributed by atoms with E-state index < -0.39 is 11.9 Å². The first-order chi connectivity index (χ1) is 16.5. The van der Waals surface area contributed by atoms with Crippen molar-refractivity contribution in [2.45, 2.75) is 13.0 Å². The minimum atomic E-state index is -0.645. The van der Waals surface area contributed by atoms with E-state index in [1.54, 1.807) is 43.5 Å². The molecule has 4 N–H and O–H groups in total. The lowest BCUT2D eigenvalue weighted by atomic mass is 10.1. The van der Waals surface area contributed by atoms with Gasteiger partial charge < -0.3 is 16.4 Å². The van der Waals surface area contributed by atoms with Gasteiger partial charge in [0.1, 0.15) is 17.2 Å². The van der Waals surface area contributed by atoms with Gasteiger partial charge in [0.2, 0.25) is 0 Å². The van der Waals surface area contributed by atoms with Crippen molar-refractivity contribution in [3.63, 3.8) is 0 Å². The van der Waals surface area contributed by atoms with Crippen LogP contribution >= 0.6 is 0 Å². The monoisotopic (exact) mass is 451 g/mol. The molecule has 1 atom stereocenters. The summed E-state index contributed by atoms with van der Waals surface area (Å²) in [5.74, 6) is 3.11. The van der Waals surface area contributed by atoms with Crippen LogP contribution in [-0.4, -0.2) is 31.8 Å². The first-order valence-electron chi connectivity index (χ1n) is 10.7. The lowest BCUT2D eigenvalue weighted by Gasteiger charge is -2.20. The number of fused-ring (bicyclic) bond motifs is 2. The molecule has 9 heteroatoms. The molecule has 0 saturated heterocycles. The third-order valence-corrected chi connectivity index (χ3v) is 5.63. The topological polar surface area (TPSA) is 120 Å². The predicted octanol–water partition coefficient (Wildman–Crippen LogP) is 2.53. The maximum Gasteiger partial charge on any atom is 0.267 e. The summed E-state index contributed by atoms with van der Waals surface area (Å²) >= 11 is 0. The smallest absolute Gasteiger partial charge is 0.267 e. The summed E-state index contributed by atoms with van der Waals surface area (Å²) in [7, 11) is 0. The summed E-state index contributed by atoms with van der Waals surface area (Å²) in [6.07, 6.45) is 9.25. The number of anilines is 2. The van der Waals surface area contributed by atoms with E-state index >= 15 is 0 Å². The highest BCUT2D eigenvalue weighted by atomic mass is 16.2. The molecule has 34 heavy (non-hydrogen) atoms. The summed E-state index contributed by atoms with van der Waals surface area (Å²) in [6.45, 7) is 2.31. The largest absolute Gasteiger partial charge is 0.381 e. The van der Waals surface area contributed by atoms with E-state index in [1.165, 1.54) is 9.25 Å². The number of carbonyl (C=O) groups is 1. The fourth-order valence-electron chi connectivity index (χ4n) is 4.08. The fourth-order valence-corrected chi connectivity index (χ4v) is 4.08. The molecule has 0 saturated carbocycles. The molecule has 0 aliphatic carbocycles. The van der Waals surface area contributed by atoms with Gasteiger partial charge in [-0.25, -0.2) is 9.67 Å². The first kappa shape index (κ1) is 21.0. The molecular weight excluding hydrogens is 430 g/mol. The number of aromatic nitrogens is 4. The molecule has 2 aromatic carbocycles. The van der Waals surface area contributed by atoms with Crippen molar-refractivity contribution in [3.05, 3.63) is 81.9 Å². The normalized spacial score (nSPS) is 13.1. The summed E-state index contributed by atoms with van der Waals surface area (Å²) in [5.41, 5.74) is 7.48. The zero-order valence-electron chi connectivity index (χ0n) is 18.3. The van der Waals surface area contributed by atoms with Crippen molar-refractivity contribution in [1.82, 2.24) is 24.6 Å². The van der Waals surface area contributed by atoms with Crippen LogP contribution in [0.25, 0.3) is 22.8 Å².